The third-order valence-corrected chi connectivity index (χ3v) is 5.74. The van der Waals surface area contributed by atoms with Crippen molar-refractivity contribution in [1.82, 2.24) is 20.1 Å². The van der Waals surface area contributed by atoms with Gasteiger partial charge in [0.05, 0.1) is 31.0 Å². The van der Waals surface area contributed by atoms with E-state index in [0.29, 0.717) is 25.2 Å². The van der Waals surface area contributed by atoms with Gasteiger partial charge in [-0.15, -0.1) is 10.2 Å². The van der Waals surface area contributed by atoms with Crippen molar-refractivity contribution in [3.05, 3.63) is 40.4 Å². The summed E-state index contributed by atoms with van der Waals surface area (Å²) in [5.74, 6) is 2.45. The number of halogens is 1. The van der Waals surface area contributed by atoms with E-state index in [-0.39, 0.29) is 6.10 Å². The number of methoxy groups -OCH3 is 1. The quantitative estimate of drug-likeness (QED) is 0.845. The highest BCUT2D eigenvalue weighted by atomic mass is 35.5. The molecule has 0 radical (unpaired) electrons. The Morgan fingerprint density at radius 2 is 2.04 bits per heavy atom. The van der Waals surface area contributed by atoms with Crippen LogP contribution in [0, 0.1) is 0 Å². The van der Waals surface area contributed by atoms with Crippen molar-refractivity contribution in [2.75, 3.05) is 13.7 Å². The largest absolute Gasteiger partial charge is 0.382 e. The fourth-order valence-corrected chi connectivity index (χ4v) is 4.45. The zero-order valence-electron chi connectivity index (χ0n) is 15.9. The summed E-state index contributed by atoms with van der Waals surface area (Å²) in [6.45, 7) is 4.22. The zero-order valence-corrected chi connectivity index (χ0v) is 16.7. The standard InChI is InChI=1S/C20H27ClN4O2/c1-13(12-26-2)27-17-6-3-14(4-7-17)20-24-23-19-11-22-10-15-9-16(21)5-8-18(15)25(19)20/h5,8-9,13-14,17,22H,3-4,6-7,10-12H2,1-2H3/t13?,14-,17-. The first-order chi connectivity index (χ1) is 13.2. The molecule has 146 valence electrons. The Morgan fingerprint density at radius 1 is 1.22 bits per heavy atom. The average molecular weight is 391 g/mol. The van der Waals surface area contributed by atoms with Crippen LogP contribution < -0.4 is 5.32 Å². The monoisotopic (exact) mass is 390 g/mol. The minimum atomic E-state index is 0.142. The van der Waals surface area contributed by atoms with Crippen LogP contribution in [0.2, 0.25) is 5.02 Å². The molecule has 0 bridgehead atoms. The predicted octanol–water partition coefficient (Wildman–Crippen LogP) is 3.60. The molecule has 0 amide bonds. The Balaban J connectivity index is 1.53. The van der Waals surface area contributed by atoms with E-state index in [1.165, 1.54) is 5.56 Å². The highest BCUT2D eigenvalue weighted by molar-refractivity contribution is 6.30. The summed E-state index contributed by atoms with van der Waals surface area (Å²) in [5, 5.41) is 13.2. The van der Waals surface area contributed by atoms with Crippen molar-refractivity contribution in [2.24, 2.45) is 0 Å². The molecule has 1 unspecified atom stereocenters. The zero-order chi connectivity index (χ0) is 18.8. The van der Waals surface area contributed by atoms with Crippen LogP contribution in [0.5, 0.6) is 0 Å². The lowest BCUT2D eigenvalue weighted by Gasteiger charge is -2.30. The minimum Gasteiger partial charge on any atom is -0.382 e. The number of nitrogens with one attached hydrogen (secondary N) is 1. The van der Waals surface area contributed by atoms with Crippen LogP contribution in [0.3, 0.4) is 0 Å². The van der Waals surface area contributed by atoms with Gasteiger partial charge in [0.15, 0.2) is 5.82 Å². The van der Waals surface area contributed by atoms with Crippen LogP contribution in [0.25, 0.3) is 5.69 Å². The molecule has 1 N–H and O–H groups in total. The molecule has 1 aliphatic heterocycles. The summed E-state index contributed by atoms with van der Waals surface area (Å²) < 4.78 is 13.5. The number of benzene rings is 1. The number of rotatable bonds is 5. The van der Waals surface area contributed by atoms with E-state index in [0.717, 1.165) is 54.6 Å². The summed E-state index contributed by atoms with van der Waals surface area (Å²) in [5.41, 5.74) is 2.33. The predicted molar refractivity (Wildman–Crippen MR) is 104 cm³/mol. The Kier molecular flexibility index (Phi) is 5.78. The van der Waals surface area contributed by atoms with Crippen molar-refractivity contribution in [3.63, 3.8) is 0 Å². The Morgan fingerprint density at radius 3 is 2.81 bits per heavy atom. The van der Waals surface area contributed by atoms with Crippen LogP contribution in [0.1, 0.15) is 55.7 Å². The van der Waals surface area contributed by atoms with Gasteiger partial charge in [0, 0.05) is 24.6 Å². The summed E-state index contributed by atoms with van der Waals surface area (Å²) in [6, 6.07) is 6.06. The molecule has 0 spiro atoms. The normalized spacial score (nSPS) is 23.4. The highest BCUT2D eigenvalue weighted by Gasteiger charge is 2.30. The number of hydrogen-bond donors (Lipinski definition) is 1. The molecule has 1 saturated carbocycles. The third-order valence-electron chi connectivity index (χ3n) is 5.50. The van der Waals surface area contributed by atoms with Gasteiger partial charge in [-0.2, -0.15) is 0 Å². The fraction of sp³-hybridized carbons (Fsp3) is 0.600. The van der Waals surface area contributed by atoms with Crippen molar-refractivity contribution in [3.8, 4) is 5.69 Å². The average Bonchev–Trinajstić information content (AvgIpc) is 2.98. The molecule has 2 heterocycles. The molecule has 1 aromatic carbocycles. The van der Waals surface area contributed by atoms with Gasteiger partial charge in [-0.25, -0.2) is 0 Å². The number of nitrogens with zero attached hydrogens (tertiary/aromatic N) is 3. The smallest absolute Gasteiger partial charge is 0.151 e. The van der Waals surface area contributed by atoms with Crippen LogP contribution in [0.15, 0.2) is 18.2 Å². The second-order valence-electron chi connectivity index (χ2n) is 7.56. The van der Waals surface area contributed by atoms with Gasteiger partial charge in [-0.05, 0) is 56.4 Å². The van der Waals surface area contributed by atoms with E-state index >= 15 is 0 Å². The van der Waals surface area contributed by atoms with Gasteiger partial charge in [0.1, 0.15) is 5.82 Å². The molecule has 6 nitrogen and oxygen atoms in total. The van der Waals surface area contributed by atoms with Crippen LogP contribution >= 0.6 is 11.6 Å². The maximum absolute atomic E-state index is 6.21. The van der Waals surface area contributed by atoms with Crippen molar-refractivity contribution < 1.29 is 9.47 Å². The Hall–Kier alpha value is -1.47. The van der Waals surface area contributed by atoms with E-state index in [1.54, 1.807) is 7.11 Å². The Bertz CT molecular complexity index is 786. The lowest BCUT2D eigenvalue weighted by atomic mass is 9.86. The third kappa shape index (κ3) is 4.04. The second kappa shape index (κ2) is 8.27. The highest BCUT2D eigenvalue weighted by Crippen LogP contribution is 2.36. The van der Waals surface area contributed by atoms with Crippen LogP contribution in [0.4, 0.5) is 0 Å². The van der Waals surface area contributed by atoms with Gasteiger partial charge in [0.25, 0.3) is 0 Å². The summed E-state index contributed by atoms with van der Waals surface area (Å²) >= 11 is 6.21. The molecule has 2 aliphatic rings. The Labute approximate surface area is 165 Å². The molecule has 4 rings (SSSR count). The number of aromatic nitrogens is 3. The maximum Gasteiger partial charge on any atom is 0.151 e. The number of ether oxygens (including phenoxy) is 2. The molecule has 1 fully saturated rings. The minimum absolute atomic E-state index is 0.142. The lowest BCUT2D eigenvalue weighted by Crippen LogP contribution is -2.28. The van der Waals surface area contributed by atoms with E-state index in [1.807, 2.05) is 12.1 Å². The van der Waals surface area contributed by atoms with Gasteiger partial charge >= 0.3 is 0 Å². The summed E-state index contributed by atoms with van der Waals surface area (Å²) in [6.07, 6.45) is 4.69. The number of fused-ring (bicyclic) bond motifs is 3. The van der Waals surface area contributed by atoms with E-state index in [9.17, 15) is 0 Å². The maximum atomic E-state index is 6.21. The molecule has 1 aromatic heterocycles. The molecule has 1 aliphatic carbocycles. The van der Waals surface area contributed by atoms with Gasteiger partial charge in [0.2, 0.25) is 0 Å². The molecule has 1 atom stereocenters. The summed E-state index contributed by atoms with van der Waals surface area (Å²) in [7, 11) is 1.72. The van der Waals surface area contributed by atoms with E-state index in [4.69, 9.17) is 21.1 Å². The van der Waals surface area contributed by atoms with Crippen LogP contribution in [-0.4, -0.2) is 40.7 Å². The molecular weight excluding hydrogens is 364 g/mol. The molecule has 2 aromatic rings. The lowest BCUT2D eigenvalue weighted by molar-refractivity contribution is -0.0538. The molecule has 27 heavy (non-hydrogen) atoms. The van der Waals surface area contributed by atoms with Crippen LogP contribution in [-0.2, 0) is 22.6 Å². The topological polar surface area (TPSA) is 61.2 Å². The first-order valence-corrected chi connectivity index (χ1v) is 10.1. The first kappa shape index (κ1) is 18.9. The summed E-state index contributed by atoms with van der Waals surface area (Å²) in [4.78, 5) is 0. The molecule has 0 saturated heterocycles. The second-order valence-corrected chi connectivity index (χ2v) is 8.00. The van der Waals surface area contributed by atoms with E-state index in [2.05, 4.69) is 33.1 Å². The van der Waals surface area contributed by atoms with Crippen molar-refractivity contribution in [1.29, 1.82) is 0 Å². The SMILES string of the molecule is COCC(C)O[C@H]1CC[C@H](c2nnc3n2-c2ccc(Cl)cc2CNC3)CC1. The van der Waals surface area contributed by atoms with Gasteiger partial charge in [-0.3, -0.25) is 4.57 Å². The van der Waals surface area contributed by atoms with Gasteiger partial charge < -0.3 is 14.8 Å². The molecular formula is C20H27ClN4O2. The molecule has 7 heteroatoms. The van der Waals surface area contributed by atoms with Crippen molar-refractivity contribution in [2.45, 2.75) is 63.8 Å². The van der Waals surface area contributed by atoms with Gasteiger partial charge in [-0.1, -0.05) is 11.6 Å². The first-order valence-electron chi connectivity index (χ1n) is 9.73. The van der Waals surface area contributed by atoms with Crippen molar-refractivity contribution >= 4 is 11.6 Å². The number of hydrogen-bond acceptors (Lipinski definition) is 5. The van der Waals surface area contributed by atoms with E-state index < -0.39 is 0 Å². The fourth-order valence-electron chi connectivity index (χ4n) is 4.25.